The lowest BCUT2D eigenvalue weighted by Crippen LogP contribution is -2.33. The minimum Gasteiger partial charge on any atom is -0.300 e. The molecule has 0 bridgehead atoms. The Morgan fingerprint density at radius 1 is 1.42 bits per heavy atom. The zero-order valence-electron chi connectivity index (χ0n) is 7.85. The molecule has 0 saturated heterocycles. The molecule has 2 heteroatoms. The van der Waals surface area contributed by atoms with E-state index >= 15 is 0 Å². The molecular formula is C10H16O2. The maximum Gasteiger partial charge on any atom is 0.135 e. The van der Waals surface area contributed by atoms with Gasteiger partial charge in [0.05, 0.1) is 0 Å². The van der Waals surface area contributed by atoms with Crippen molar-refractivity contribution in [3.63, 3.8) is 0 Å². The average Bonchev–Trinajstić information content (AvgIpc) is 2.06. The molecule has 1 fully saturated rings. The largest absolute Gasteiger partial charge is 0.300 e. The molecule has 0 aromatic rings. The van der Waals surface area contributed by atoms with Crippen molar-refractivity contribution in [2.24, 2.45) is 5.41 Å². The summed E-state index contributed by atoms with van der Waals surface area (Å²) in [6.45, 7) is 3.69. The van der Waals surface area contributed by atoms with Crippen LogP contribution in [0.25, 0.3) is 0 Å². The Balaban J connectivity index is 2.69. The number of hydrogen-bond donors (Lipinski definition) is 0. The first kappa shape index (κ1) is 9.43. The van der Waals surface area contributed by atoms with Gasteiger partial charge in [0, 0.05) is 18.3 Å². The summed E-state index contributed by atoms with van der Waals surface area (Å²) in [7, 11) is 0. The van der Waals surface area contributed by atoms with Crippen LogP contribution in [0.2, 0.25) is 0 Å². The fourth-order valence-electron chi connectivity index (χ4n) is 1.96. The van der Waals surface area contributed by atoms with Crippen LogP contribution in [0, 0.1) is 5.41 Å². The lowest BCUT2D eigenvalue weighted by molar-refractivity contribution is -0.132. The van der Waals surface area contributed by atoms with Gasteiger partial charge >= 0.3 is 0 Å². The number of hydrogen-bond acceptors (Lipinski definition) is 2. The normalized spacial score (nSPS) is 22.3. The summed E-state index contributed by atoms with van der Waals surface area (Å²) in [4.78, 5) is 22.3. The first-order valence-corrected chi connectivity index (χ1v) is 4.63. The van der Waals surface area contributed by atoms with E-state index in [0.29, 0.717) is 18.6 Å². The van der Waals surface area contributed by atoms with Crippen LogP contribution in [0.5, 0.6) is 0 Å². The molecule has 1 saturated carbocycles. The fourth-order valence-corrected chi connectivity index (χ4v) is 1.96. The van der Waals surface area contributed by atoms with Crippen LogP contribution in [0.1, 0.15) is 46.0 Å². The molecule has 0 unspecified atom stereocenters. The summed E-state index contributed by atoms with van der Waals surface area (Å²) in [5.74, 6) is 0.581. The van der Waals surface area contributed by atoms with Crippen LogP contribution in [0.4, 0.5) is 0 Å². The van der Waals surface area contributed by atoms with Crippen molar-refractivity contribution in [3.05, 3.63) is 0 Å². The van der Waals surface area contributed by atoms with Gasteiger partial charge < -0.3 is 0 Å². The van der Waals surface area contributed by atoms with Crippen LogP contribution in [0.3, 0.4) is 0 Å². The maximum atomic E-state index is 11.3. The molecule has 0 N–H and O–H groups in total. The molecule has 0 spiro atoms. The Bertz CT molecular complexity index is 196. The van der Waals surface area contributed by atoms with Gasteiger partial charge in [-0.3, -0.25) is 9.59 Å². The van der Waals surface area contributed by atoms with Gasteiger partial charge in [-0.15, -0.1) is 0 Å². The third-order valence-electron chi connectivity index (χ3n) is 3.19. The number of rotatable bonds is 2. The van der Waals surface area contributed by atoms with Crippen molar-refractivity contribution in [3.8, 4) is 0 Å². The Morgan fingerprint density at radius 2 is 1.92 bits per heavy atom. The highest BCUT2D eigenvalue weighted by atomic mass is 16.1. The second-order valence-corrected chi connectivity index (χ2v) is 3.73. The monoisotopic (exact) mass is 168 g/mol. The number of Topliss-reactive ketones (excluding diaryl/α,β-unsaturated/α-hetero) is 2. The smallest absolute Gasteiger partial charge is 0.135 e. The average molecular weight is 168 g/mol. The summed E-state index contributed by atoms with van der Waals surface area (Å²) in [5, 5.41) is 0. The molecule has 12 heavy (non-hydrogen) atoms. The van der Waals surface area contributed by atoms with Gasteiger partial charge in [-0.1, -0.05) is 6.92 Å². The fraction of sp³-hybridized carbons (Fsp3) is 0.800. The van der Waals surface area contributed by atoms with Gasteiger partial charge in [0.15, 0.2) is 0 Å². The van der Waals surface area contributed by atoms with Crippen LogP contribution < -0.4 is 0 Å². The second kappa shape index (κ2) is 3.38. The zero-order chi connectivity index (χ0) is 9.19. The Morgan fingerprint density at radius 3 is 2.25 bits per heavy atom. The lowest BCUT2D eigenvalue weighted by atomic mass is 9.69. The summed E-state index contributed by atoms with van der Waals surface area (Å²) in [6.07, 6.45) is 3.64. The quantitative estimate of drug-likeness (QED) is 0.633. The van der Waals surface area contributed by atoms with Crippen LogP contribution in [-0.2, 0) is 9.59 Å². The van der Waals surface area contributed by atoms with Gasteiger partial charge in [-0.25, -0.2) is 0 Å². The topological polar surface area (TPSA) is 34.1 Å². The van der Waals surface area contributed by atoms with Crippen LogP contribution in [-0.4, -0.2) is 11.6 Å². The van der Waals surface area contributed by atoms with Gasteiger partial charge in [-0.2, -0.15) is 0 Å². The maximum absolute atomic E-state index is 11.3. The molecule has 1 aliphatic carbocycles. The summed E-state index contributed by atoms with van der Waals surface area (Å²) < 4.78 is 0. The Kier molecular flexibility index (Phi) is 2.65. The highest BCUT2D eigenvalue weighted by Crippen LogP contribution is 2.38. The first-order chi connectivity index (χ1) is 5.60. The predicted molar refractivity (Wildman–Crippen MR) is 46.9 cm³/mol. The van der Waals surface area contributed by atoms with E-state index in [2.05, 4.69) is 0 Å². The van der Waals surface area contributed by atoms with E-state index in [-0.39, 0.29) is 11.2 Å². The van der Waals surface area contributed by atoms with Gasteiger partial charge in [0.25, 0.3) is 0 Å². The molecule has 0 amide bonds. The summed E-state index contributed by atoms with van der Waals surface area (Å²) in [6, 6.07) is 0. The van der Waals surface area contributed by atoms with E-state index in [9.17, 15) is 9.59 Å². The molecule has 0 radical (unpaired) electrons. The molecule has 68 valence electrons. The molecule has 1 rings (SSSR count). The van der Waals surface area contributed by atoms with Crippen molar-refractivity contribution in [2.45, 2.75) is 46.0 Å². The molecule has 0 aromatic heterocycles. The van der Waals surface area contributed by atoms with E-state index < -0.39 is 0 Å². The Labute approximate surface area is 73.3 Å². The van der Waals surface area contributed by atoms with Gasteiger partial charge in [0.1, 0.15) is 11.6 Å². The van der Waals surface area contributed by atoms with Crippen molar-refractivity contribution in [2.75, 3.05) is 0 Å². The van der Waals surface area contributed by atoms with Crippen molar-refractivity contribution in [1.82, 2.24) is 0 Å². The highest BCUT2D eigenvalue weighted by Gasteiger charge is 2.36. The van der Waals surface area contributed by atoms with Crippen molar-refractivity contribution in [1.29, 1.82) is 0 Å². The molecular weight excluding hydrogens is 152 g/mol. The lowest BCUT2D eigenvalue weighted by Gasteiger charge is -2.33. The zero-order valence-corrected chi connectivity index (χ0v) is 7.85. The molecule has 1 aliphatic rings. The van der Waals surface area contributed by atoms with E-state index in [1.54, 1.807) is 6.92 Å². The molecule has 0 aliphatic heterocycles. The summed E-state index contributed by atoms with van der Waals surface area (Å²) in [5.41, 5.74) is -0.159. The van der Waals surface area contributed by atoms with E-state index in [1.165, 1.54) is 0 Å². The van der Waals surface area contributed by atoms with E-state index in [4.69, 9.17) is 0 Å². The predicted octanol–water partition coefficient (Wildman–Crippen LogP) is 2.11. The standard InChI is InChI=1S/C10H16O2/c1-3-10(8(2)11)6-4-9(12)5-7-10/h3-7H2,1-2H3. The molecule has 0 heterocycles. The van der Waals surface area contributed by atoms with E-state index in [0.717, 1.165) is 19.3 Å². The van der Waals surface area contributed by atoms with Crippen molar-refractivity contribution >= 4 is 11.6 Å². The number of carbonyl (C=O) groups is 2. The minimum absolute atomic E-state index is 0.159. The third kappa shape index (κ3) is 1.57. The van der Waals surface area contributed by atoms with Crippen LogP contribution >= 0.6 is 0 Å². The Hall–Kier alpha value is -0.660. The molecule has 2 nitrogen and oxygen atoms in total. The van der Waals surface area contributed by atoms with E-state index in [1.807, 2.05) is 6.92 Å². The number of carbonyl (C=O) groups excluding carboxylic acids is 2. The summed E-state index contributed by atoms with van der Waals surface area (Å²) >= 11 is 0. The molecule has 0 atom stereocenters. The van der Waals surface area contributed by atoms with Crippen molar-refractivity contribution < 1.29 is 9.59 Å². The van der Waals surface area contributed by atoms with Gasteiger partial charge in [-0.05, 0) is 26.2 Å². The van der Waals surface area contributed by atoms with Crippen LogP contribution in [0.15, 0.2) is 0 Å². The highest BCUT2D eigenvalue weighted by molar-refractivity contribution is 5.87. The molecule has 0 aromatic carbocycles. The third-order valence-corrected chi connectivity index (χ3v) is 3.19. The minimum atomic E-state index is -0.159. The first-order valence-electron chi connectivity index (χ1n) is 4.63. The SMILES string of the molecule is CCC1(C(C)=O)CCC(=O)CC1. The number of ketones is 2. The second-order valence-electron chi connectivity index (χ2n) is 3.73. The van der Waals surface area contributed by atoms with Gasteiger partial charge in [0.2, 0.25) is 0 Å².